The molecule has 0 aliphatic rings. The van der Waals surface area contributed by atoms with E-state index in [1.165, 1.54) is 19.2 Å². The molecule has 3 rings (SSSR count). The molecule has 0 aliphatic heterocycles. The summed E-state index contributed by atoms with van der Waals surface area (Å²) in [6.07, 6.45) is -0.0190. The number of hydrogen-bond donors (Lipinski definition) is 2. The van der Waals surface area contributed by atoms with Gasteiger partial charge in [0.05, 0.1) is 24.2 Å². The third-order valence-corrected chi connectivity index (χ3v) is 4.60. The second-order valence-corrected chi connectivity index (χ2v) is 6.53. The third-order valence-electron chi connectivity index (χ3n) is 4.28. The molecule has 8 heteroatoms. The van der Waals surface area contributed by atoms with Crippen LogP contribution in [0.15, 0.2) is 28.8 Å². The molecule has 2 aromatic carbocycles. The molecule has 0 saturated carbocycles. The van der Waals surface area contributed by atoms with Crippen LogP contribution in [-0.2, 0) is 11.2 Å². The molecule has 0 radical (unpaired) electrons. The zero-order valence-corrected chi connectivity index (χ0v) is 15.7. The van der Waals surface area contributed by atoms with Crippen LogP contribution in [0.3, 0.4) is 0 Å². The summed E-state index contributed by atoms with van der Waals surface area (Å²) in [6, 6.07) is 6.42. The van der Waals surface area contributed by atoms with E-state index in [0.717, 1.165) is 16.5 Å². The Bertz CT molecular complexity index is 1060. The molecule has 140 valence electrons. The number of aromatic carboxylic acids is 1. The van der Waals surface area contributed by atoms with Gasteiger partial charge in [0.25, 0.3) is 0 Å². The van der Waals surface area contributed by atoms with E-state index in [1.807, 2.05) is 26.0 Å². The van der Waals surface area contributed by atoms with Crippen LogP contribution in [0.1, 0.15) is 27.2 Å². The van der Waals surface area contributed by atoms with Crippen molar-refractivity contribution in [2.24, 2.45) is 0 Å². The lowest BCUT2D eigenvalue weighted by molar-refractivity contribution is -0.115. The second-order valence-electron chi connectivity index (χ2n) is 6.12. The van der Waals surface area contributed by atoms with Crippen LogP contribution in [0.25, 0.3) is 11.0 Å². The van der Waals surface area contributed by atoms with Crippen LogP contribution < -0.4 is 10.1 Å². The van der Waals surface area contributed by atoms with Crippen molar-refractivity contribution in [2.75, 3.05) is 12.4 Å². The number of methoxy groups -OCH3 is 1. The van der Waals surface area contributed by atoms with Crippen molar-refractivity contribution in [3.63, 3.8) is 0 Å². The van der Waals surface area contributed by atoms with Gasteiger partial charge in [0, 0.05) is 11.5 Å². The highest BCUT2D eigenvalue weighted by Crippen LogP contribution is 2.31. The highest BCUT2D eigenvalue weighted by atomic mass is 35.5. The van der Waals surface area contributed by atoms with Crippen molar-refractivity contribution in [3.8, 4) is 5.75 Å². The summed E-state index contributed by atoms with van der Waals surface area (Å²) in [5.74, 6) is -1.44. The molecular weight excluding hydrogens is 372 g/mol. The van der Waals surface area contributed by atoms with Gasteiger partial charge in [-0.05, 0) is 43.2 Å². The van der Waals surface area contributed by atoms with Crippen molar-refractivity contribution in [2.45, 2.75) is 20.3 Å². The van der Waals surface area contributed by atoms with Crippen molar-refractivity contribution < 1.29 is 24.0 Å². The lowest BCUT2D eigenvalue weighted by Crippen LogP contribution is -2.15. The van der Waals surface area contributed by atoms with E-state index < -0.39 is 5.97 Å². The molecule has 1 amide bonds. The van der Waals surface area contributed by atoms with Crippen molar-refractivity contribution in [1.82, 2.24) is 5.16 Å². The van der Waals surface area contributed by atoms with Gasteiger partial charge in [0.1, 0.15) is 17.0 Å². The quantitative estimate of drug-likeness (QED) is 0.685. The number of ether oxygens (including phenoxy) is 1. The van der Waals surface area contributed by atoms with Crippen LogP contribution in [0, 0.1) is 13.8 Å². The number of carbonyl (C=O) groups is 2. The average molecular weight is 389 g/mol. The minimum absolute atomic E-state index is 0.0190. The number of amides is 1. The van der Waals surface area contributed by atoms with Gasteiger partial charge in [0.2, 0.25) is 5.91 Å². The Morgan fingerprint density at radius 3 is 2.59 bits per heavy atom. The van der Waals surface area contributed by atoms with Crippen molar-refractivity contribution in [1.29, 1.82) is 0 Å². The molecule has 0 fully saturated rings. The van der Waals surface area contributed by atoms with Gasteiger partial charge >= 0.3 is 5.97 Å². The number of fused-ring (bicyclic) bond motifs is 1. The monoisotopic (exact) mass is 388 g/mol. The number of carboxylic acids is 1. The van der Waals surface area contributed by atoms with E-state index in [2.05, 4.69) is 10.5 Å². The number of aromatic nitrogens is 1. The van der Waals surface area contributed by atoms with Crippen LogP contribution in [0.4, 0.5) is 5.69 Å². The Kier molecular flexibility index (Phi) is 5.05. The van der Waals surface area contributed by atoms with Crippen molar-refractivity contribution in [3.05, 3.63) is 51.7 Å². The number of carboxylic acid groups (broad SMARTS) is 1. The SMILES string of the molecule is COc1cc(NC(=O)Cc2noc3cc(C)c(C)cc23)c(Cl)cc1C(=O)O. The second kappa shape index (κ2) is 7.28. The van der Waals surface area contributed by atoms with Crippen molar-refractivity contribution >= 4 is 40.1 Å². The largest absolute Gasteiger partial charge is 0.496 e. The molecule has 0 saturated heterocycles. The number of hydrogen-bond acceptors (Lipinski definition) is 5. The fourth-order valence-corrected chi connectivity index (χ4v) is 2.91. The van der Waals surface area contributed by atoms with E-state index in [-0.39, 0.29) is 34.4 Å². The van der Waals surface area contributed by atoms with Crippen LogP contribution in [0.5, 0.6) is 5.75 Å². The molecule has 0 aliphatic carbocycles. The summed E-state index contributed by atoms with van der Waals surface area (Å²) < 4.78 is 10.4. The number of anilines is 1. The molecular formula is C19H17ClN2O5. The number of nitrogens with one attached hydrogen (secondary N) is 1. The smallest absolute Gasteiger partial charge is 0.339 e. The van der Waals surface area contributed by atoms with Crippen LogP contribution in [0.2, 0.25) is 5.02 Å². The maximum absolute atomic E-state index is 12.4. The van der Waals surface area contributed by atoms with Gasteiger partial charge in [-0.15, -0.1) is 0 Å². The summed E-state index contributed by atoms with van der Waals surface area (Å²) in [7, 11) is 1.34. The van der Waals surface area contributed by atoms with Crippen LogP contribution in [-0.4, -0.2) is 29.2 Å². The lowest BCUT2D eigenvalue weighted by atomic mass is 10.1. The Hall–Kier alpha value is -3.06. The zero-order valence-electron chi connectivity index (χ0n) is 14.9. The molecule has 1 aromatic heterocycles. The first-order valence-corrected chi connectivity index (χ1v) is 8.44. The first-order chi connectivity index (χ1) is 12.8. The molecule has 3 aromatic rings. The maximum atomic E-state index is 12.4. The molecule has 2 N–H and O–H groups in total. The van der Waals surface area contributed by atoms with Gasteiger partial charge in [-0.25, -0.2) is 4.79 Å². The zero-order chi connectivity index (χ0) is 19.7. The standard InChI is InChI=1S/C19H17ClN2O5/c1-9-4-11-14(22-27-17(11)5-10(9)2)8-18(23)21-15-7-16(26-3)12(19(24)25)6-13(15)20/h4-7H,8H2,1-3H3,(H,21,23)(H,24,25). The molecule has 1 heterocycles. The van der Waals surface area contributed by atoms with E-state index in [4.69, 9.17) is 26.0 Å². The maximum Gasteiger partial charge on any atom is 0.339 e. The average Bonchev–Trinajstić information content (AvgIpc) is 2.98. The summed E-state index contributed by atoms with van der Waals surface area (Å²) in [5, 5.41) is 16.7. The fourth-order valence-electron chi connectivity index (χ4n) is 2.70. The normalized spacial score (nSPS) is 10.8. The topological polar surface area (TPSA) is 102 Å². The Morgan fingerprint density at radius 1 is 1.22 bits per heavy atom. The first kappa shape index (κ1) is 18.7. The van der Waals surface area contributed by atoms with E-state index >= 15 is 0 Å². The van der Waals surface area contributed by atoms with Gasteiger partial charge in [-0.3, -0.25) is 4.79 Å². The fraction of sp³-hybridized carbons (Fsp3) is 0.211. The van der Waals surface area contributed by atoms with E-state index in [0.29, 0.717) is 11.3 Å². The number of aryl methyl sites for hydroxylation is 2. The summed E-state index contributed by atoms with van der Waals surface area (Å²) >= 11 is 6.09. The minimum atomic E-state index is -1.17. The van der Waals surface area contributed by atoms with Gasteiger partial charge in [0.15, 0.2) is 5.58 Å². The molecule has 0 unspecified atom stereocenters. The summed E-state index contributed by atoms with van der Waals surface area (Å²) in [6.45, 7) is 3.95. The van der Waals surface area contributed by atoms with E-state index in [9.17, 15) is 9.59 Å². The highest BCUT2D eigenvalue weighted by Gasteiger charge is 2.18. The number of carbonyl (C=O) groups excluding carboxylic acids is 1. The Balaban J connectivity index is 1.84. The molecule has 7 nitrogen and oxygen atoms in total. The Morgan fingerprint density at radius 2 is 1.93 bits per heavy atom. The highest BCUT2D eigenvalue weighted by molar-refractivity contribution is 6.34. The summed E-state index contributed by atoms with van der Waals surface area (Å²) in [4.78, 5) is 23.6. The number of nitrogens with zero attached hydrogens (tertiary/aromatic N) is 1. The minimum Gasteiger partial charge on any atom is -0.496 e. The Labute approximate surface area is 159 Å². The van der Waals surface area contributed by atoms with Gasteiger partial charge in [-0.1, -0.05) is 16.8 Å². The van der Waals surface area contributed by atoms with E-state index in [1.54, 1.807) is 0 Å². The third kappa shape index (κ3) is 3.73. The molecule has 0 atom stereocenters. The lowest BCUT2D eigenvalue weighted by Gasteiger charge is -2.11. The number of halogens is 1. The van der Waals surface area contributed by atoms with Gasteiger partial charge < -0.3 is 19.7 Å². The van der Waals surface area contributed by atoms with Crippen LogP contribution >= 0.6 is 11.6 Å². The molecule has 27 heavy (non-hydrogen) atoms. The predicted octanol–water partition coefficient (Wildman–Crippen LogP) is 3.99. The van der Waals surface area contributed by atoms with Gasteiger partial charge in [-0.2, -0.15) is 0 Å². The predicted molar refractivity (Wildman–Crippen MR) is 101 cm³/mol. The summed E-state index contributed by atoms with van der Waals surface area (Å²) in [5.41, 5.74) is 3.44. The molecule has 0 spiro atoms. The molecule has 0 bridgehead atoms. The first-order valence-electron chi connectivity index (χ1n) is 8.06. The number of benzene rings is 2. The number of rotatable bonds is 5.